The van der Waals surface area contributed by atoms with Gasteiger partial charge in [0.1, 0.15) is 11.9 Å². The summed E-state index contributed by atoms with van der Waals surface area (Å²) >= 11 is 0. The molecule has 19 heavy (non-hydrogen) atoms. The molecule has 0 unspecified atom stereocenters. The molecule has 102 valence electrons. The average Bonchev–Trinajstić information content (AvgIpc) is 2.48. The highest BCUT2D eigenvalue weighted by Crippen LogP contribution is 2.20. The summed E-state index contributed by atoms with van der Waals surface area (Å²) in [4.78, 5) is 2.29. The Kier molecular flexibility index (Phi) is 4.78. The summed E-state index contributed by atoms with van der Waals surface area (Å²) in [7, 11) is 0. The third-order valence-corrected chi connectivity index (χ3v) is 3.65. The number of hydrogen-bond acceptors (Lipinski definition) is 4. The molecule has 0 spiro atoms. The second kappa shape index (κ2) is 6.55. The van der Waals surface area contributed by atoms with Crippen molar-refractivity contribution < 1.29 is 9.84 Å². The van der Waals surface area contributed by atoms with Crippen molar-refractivity contribution in [3.8, 4) is 11.8 Å². The van der Waals surface area contributed by atoms with Crippen LogP contribution in [0.5, 0.6) is 5.75 Å². The number of aliphatic hydroxyl groups is 1. The summed E-state index contributed by atoms with van der Waals surface area (Å²) in [5, 5.41) is 17.9. The van der Waals surface area contributed by atoms with Crippen molar-refractivity contribution in [3.63, 3.8) is 0 Å². The summed E-state index contributed by atoms with van der Waals surface area (Å²) in [5.41, 5.74) is 0.652. The average molecular weight is 260 g/mol. The van der Waals surface area contributed by atoms with E-state index in [1.54, 1.807) is 12.1 Å². The minimum absolute atomic E-state index is 0.209. The second-order valence-corrected chi connectivity index (χ2v) is 5.02. The lowest BCUT2D eigenvalue weighted by Crippen LogP contribution is -2.44. The van der Waals surface area contributed by atoms with Crippen LogP contribution in [0.25, 0.3) is 0 Å². The van der Waals surface area contributed by atoms with Crippen LogP contribution in [0.4, 0.5) is 0 Å². The fraction of sp³-hybridized carbons (Fsp3) is 0.533. The van der Waals surface area contributed by atoms with Crippen LogP contribution in [0.3, 0.4) is 0 Å². The topological polar surface area (TPSA) is 56.5 Å². The summed E-state index contributed by atoms with van der Waals surface area (Å²) in [5.74, 6) is 0.827. The molecule has 4 nitrogen and oxygen atoms in total. The van der Waals surface area contributed by atoms with Gasteiger partial charge in [-0.15, -0.1) is 0 Å². The Morgan fingerprint density at radius 1 is 1.37 bits per heavy atom. The van der Waals surface area contributed by atoms with Crippen LogP contribution in [0.1, 0.15) is 25.3 Å². The van der Waals surface area contributed by atoms with E-state index < -0.39 is 0 Å². The smallest absolute Gasteiger partial charge is 0.119 e. The quantitative estimate of drug-likeness (QED) is 0.896. The third-order valence-electron chi connectivity index (χ3n) is 3.65. The lowest BCUT2D eigenvalue weighted by Gasteiger charge is -2.35. The normalized spacial score (nSPS) is 18.8. The maximum absolute atomic E-state index is 9.14. The van der Waals surface area contributed by atoms with Gasteiger partial charge < -0.3 is 9.84 Å². The molecule has 4 heteroatoms. The second-order valence-electron chi connectivity index (χ2n) is 5.02. The third kappa shape index (κ3) is 3.69. The molecule has 1 fully saturated rings. The molecular weight excluding hydrogens is 240 g/mol. The van der Waals surface area contributed by atoms with Gasteiger partial charge in [-0.05, 0) is 44.0 Å². The van der Waals surface area contributed by atoms with Gasteiger partial charge in [0.25, 0.3) is 0 Å². The van der Waals surface area contributed by atoms with Crippen LogP contribution in [-0.4, -0.2) is 41.8 Å². The lowest BCUT2D eigenvalue weighted by atomic mass is 10.1. The van der Waals surface area contributed by atoms with Crippen LogP contribution in [0.2, 0.25) is 0 Å². The van der Waals surface area contributed by atoms with Crippen molar-refractivity contribution >= 4 is 0 Å². The molecule has 0 aliphatic carbocycles. The molecule has 1 aliphatic heterocycles. The van der Waals surface area contributed by atoms with Gasteiger partial charge in [0.05, 0.1) is 18.2 Å². The lowest BCUT2D eigenvalue weighted by molar-refractivity contribution is 0.0595. The Balaban J connectivity index is 1.83. The molecule has 1 N–H and O–H groups in total. The van der Waals surface area contributed by atoms with Crippen molar-refractivity contribution in [2.24, 2.45) is 0 Å². The Bertz CT molecular complexity index is 430. The van der Waals surface area contributed by atoms with E-state index in [0.29, 0.717) is 5.56 Å². The zero-order valence-corrected chi connectivity index (χ0v) is 11.2. The highest BCUT2D eigenvalue weighted by molar-refractivity contribution is 5.34. The van der Waals surface area contributed by atoms with Crippen molar-refractivity contribution in [2.75, 3.05) is 19.7 Å². The molecule has 0 amide bonds. The first-order chi connectivity index (χ1) is 9.22. The van der Waals surface area contributed by atoms with Gasteiger partial charge in [-0.25, -0.2) is 0 Å². The molecule has 1 aromatic carbocycles. The summed E-state index contributed by atoms with van der Waals surface area (Å²) in [6.45, 7) is 4.17. The Morgan fingerprint density at radius 3 is 2.53 bits per heavy atom. The predicted molar refractivity (Wildman–Crippen MR) is 72.9 cm³/mol. The van der Waals surface area contributed by atoms with Gasteiger partial charge in [0.2, 0.25) is 0 Å². The van der Waals surface area contributed by atoms with Crippen LogP contribution in [-0.2, 0) is 0 Å². The maximum atomic E-state index is 9.14. The van der Waals surface area contributed by atoms with Crippen molar-refractivity contribution in [1.29, 1.82) is 5.26 Å². The number of rotatable bonds is 4. The first kappa shape index (κ1) is 13.9. The molecule has 0 saturated carbocycles. The summed E-state index contributed by atoms with van der Waals surface area (Å²) in [6.07, 6.45) is 2.18. The first-order valence-corrected chi connectivity index (χ1v) is 6.74. The predicted octanol–water partition coefficient (Wildman–Crippen LogP) is 1.78. The molecule has 1 saturated heterocycles. The number of aliphatic hydroxyl groups excluding tert-OH is 1. The molecular formula is C15H20N2O2. The van der Waals surface area contributed by atoms with E-state index in [2.05, 4.69) is 11.0 Å². The van der Waals surface area contributed by atoms with E-state index >= 15 is 0 Å². The fourth-order valence-electron chi connectivity index (χ4n) is 2.35. The van der Waals surface area contributed by atoms with Gasteiger partial charge in [-0.3, -0.25) is 4.90 Å². The molecule has 1 aromatic rings. The monoisotopic (exact) mass is 260 g/mol. The molecule has 0 bridgehead atoms. The summed E-state index contributed by atoms with van der Waals surface area (Å²) in [6, 6.07) is 9.58. The van der Waals surface area contributed by atoms with Gasteiger partial charge in [-0.1, -0.05) is 0 Å². The van der Waals surface area contributed by atoms with Crippen molar-refractivity contribution in [2.45, 2.75) is 31.9 Å². The standard InChI is InChI=1S/C15H20N2O2/c1-12(11-18)17-8-6-15(7-9-17)19-14-4-2-13(10-16)3-5-14/h2-5,12,15,18H,6-9,11H2,1H3/t12-/m1/s1. The maximum Gasteiger partial charge on any atom is 0.119 e. The minimum atomic E-state index is 0.209. The Hall–Kier alpha value is -1.57. The molecule has 1 atom stereocenters. The molecule has 1 aliphatic rings. The number of benzene rings is 1. The van der Waals surface area contributed by atoms with E-state index in [4.69, 9.17) is 15.1 Å². The summed E-state index contributed by atoms with van der Waals surface area (Å²) < 4.78 is 5.92. The van der Waals surface area contributed by atoms with E-state index in [9.17, 15) is 0 Å². The minimum Gasteiger partial charge on any atom is -0.490 e. The van der Waals surface area contributed by atoms with E-state index in [1.807, 2.05) is 19.1 Å². The number of nitrogens with zero attached hydrogens (tertiary/aromatic N) is 2. The largest absolute Gasteiger partial charge is 0.490 e. The first-order valence-electron chi connectivity index (χ1n) is 6.74. The molecule has 0 aromatic heterocycles. The zero-order valence-electron chi connectivity index (χ0n) is 11.2. The van der Waals surface area contributed by atoms with Gasteiger partial charge >= 0.3 is 0 Å². The van der Waals surface area contributed by atoms with E-state index in [-0.39, 0.29) is 18.8 Å². The number of likely N-dealkylation sites (tertiary alicyclic amines) is 1. The molecule has 0 radical (unpaired) electrons. The fourth-order valence-corrected chi connectivity index (χ4v) is 2.35. The Labute approximate surface area is 114 Å². The van der Waals surface area contributed by atoms with E-state index in [0.717, 1.165) is 31.7 Å². The molecule has 2 rings (SSSR count). The molecule has 1 heterocycles. The van der Waals surface area contributed by atoms with Gasteiger partial charge in [0.15, 0.2) is 0 Å². The number of hydrogen-bond donors (Lipinski definition) is 1. The van der Waals surface area contributed by atoms with Gasteiger partial charge in [-0.2, -0.15) is 5.26 Å². The SMILES string of the molecule is C[C@H](CO)N1CCC(Oc2ccc(C#N)cc2)CC1. The van der Waals surface area contributed by atoms with Crippen LogP contribution in [0.15, 0.2) is 24.3 Å². The zero-order chi connectivity index (χ0) is 13.7. The number of ether oxygens (including phenoxy) is 1. The highest BCUT2D eigenvalue weighted by atomic mass is 16.5. The van der Waals surface area contributed by atoms with Crippen LogP contribution < -0.4 is 4.74 Å². The van der Waals surface area contributed by atoms with Crippen molar-refractivity contribution in [3.05, 3.63) is 29.8 Å². The van der Waals surface area contributed by atoms with Crippen LogP contribution >= 0.6 is 0 Å². The Morgan fingerprint density at radius 2 is 2.00 bits per heavy atom. The van der Waals surface area contributed by atoms with E-state index in [1.165, 1.54) is 0 Å². The number of nitriles is 1. The highest BCUT2D eigenvalue weighted by Gasteiger charge is 2.23. The van der Waals surface area contributed by atoms with Gasteiger partial charge in [0, 0.05) is 19.1 Å². The van der Waals surface area contributed by atoms with Crippen LogP contribution in [0, 0.1) is 11.3 Å². The van der Waals surface area contributed by atoms with Crippen molar-refractivity contribution in [1.82, 2.24) is 4.90 Å². The number of piperidine rings is 1.